The van der Waals surface area contributed by atoms with Crippen molar-refractivity contribution < 1.29 is 9.47 Å². The maximum Gasteiger partial charge on any atom is 0.0700 e. The molecule has 0 aliphatic carbocycles. The van der Waals surface area contributed by atoms with Crippen LogP contribution in [0.25, 0.3) is 0 Å². The largest absolute Gasteiger partial charge is 0.382 e. The van der Waals surface area contributed by atoms with Crippen LogP contribution >= 0.6 is 0 Å². The molecule has 1 unspecified atom stereocenters. The summed E-state index contributed by atoms with van der Waals surface area (Å²) in [6.07, 6.45) is 0. The number of ether oxygens (including phenoxy) is 2. The van der Waals surface area contributed by atoms with Gasteiger partial charge in [0.05, 0.1) is 19.8 Å². The van der Waals surface area contributed by atoms with Gasteiger partial charge in [-0.1, -0.05) is 13.8 Å². The fourth-order valence-corrected chi connectivity index (χ4v) is 1.11. The van der Waals surface area contributed by atoms with Gasteiger partial charge in [-0.25, -0.2) is 0 Å². The minimum atomic E-state index is 0.485. The van der Waals surface area contributed by atoms with Crippen LogP contribution in [0.1, 0.15) is 20.8 Å². The molecule has 92 valence electrons. The second-order valence-electron chi connectivity index (χ2n) is 4.02. The highest BCUT2D eigenvalue weighted by Gasteiger charge is 2.00. The summed E-state index contributed by atoms with van der Waals surface area (Å²) in [5.74, 6) is 0. The molecule has 0 aromatic carbocycles. The van der Waals surface area contributed by atoms with Crippen molar-refractivity contribution in [3.8, 4) is 0 Å². The molecule has 0 aromatic rings. The van der Waals surface area contributed by atoms with Gasteiger partial charge in [-0.05, 0) is 6.92 Å². The van der Waals surface area contributed by atoms with Gasteiger partial charge < -0.3 is 20.1 Å². The van der Waals surface area contributed by atoms with Gasteiger partial charge >= 0.3 is 0 Å². The van der Waals surface area contributed by atoms with E-state index in [1.165, 1.54) is 0 Å². The normalized spacial score (nSPS) is 13.4. The Morgan fingerprint density at radius 2 is 1.73 bits per heavy atom. The number of methoxy groups -OCH3 is 1. The molecule has 0 fully saturated rings. The first-order valence-corrected chi connectivity index (χ1v) is 5.70. The lowest BCUT2D eigenvalue weighted by molar-refractivity contribution is 0.0712. The van der Waals surface area contributed by atoms with Crippen molar-refractivity contribution in [3.63, 3.8) is 0 Å². The second-order valence-corrected chi connectivity index (χ2v) is 4.02. The molecule has 0 amide bonds. The molecule has 0 aliphatic heterocycles. The second kappa shape index (κ2) is 10.4. The Morgan fingerprint density at radius 1 is 1.00 bits per heavy atom. The fraction of sp³-hybridized carbons (Fsp3) is 1.00. The van der Waals surface area contributed by atoms with Crippen LogP contribution in [0.15, 0.2) is 0 Å². The molecule has 4 heteroatoms. The van der Waals surface area contributed by atoms with Crippen molar-refractivity contribution in [3.05, 3.63) is 0 Å². The third-order valence-electron chi connectivity index (χ3n) is 2.00. The summed E-state index contributed by atoms with van der Waals surface area (Å²) in [5.41, 5.74) is 0. The third-order valence-corrected chi connectivity index (χ3v) is 2.00. The summed E-state index contributed by atoms with van der Waals surface area (Å²) in [6.45, 7) is 10.5. The number of nitrogens with one attached hydrogen (secondary N) is 2. The van der Waals surface area contributed by atoms with E-state index in [0.717, 1.165) is 19.7 Å². The summed E-state index contributed by atoms with van der Waals surface area (Å²) in [6, 6.07) is 1.03. The maximum absolute atomic E-state index is 5.34. The first-order chi connectivity index (χ1) is 7.16. The third kappa shape index (κ3) is 11.8. The van der Waals surface area contributed by atoms with Gasteiger partial charge in [-0.2, -0.15) is 0 Å². The zero-order valence-corrected chi connectivity index (χ0v) is 10.5. The first kappa shape index (κ1) is 14.8. The van der Waals surface area contributed by atoms with Crippen LogP contribution in [-0.4, -0.2) is 52.1 Å². The smallest absolute Gasteiger partial charge is 0.0700 e. The van der Waals surface area contributed by atoms with Gasteiger partial charge in [0.2, 0.25) is 0 Å². The van der Waals surface area contributed by atoms with Crippen LogP contribution < -0.4 is 10.6 Å². The van der Waals surface area contributed by atoms with Gasteiger partial charge in [0, 0.05) is 32.3 Å². The lowest BCUT2D eigenvalue weighted by Crippen LogP contribution is -2.40. The highest BCUT2D eigenvalue weighted by atomic mass is 16.5. The van der Waals surface area contributed by atoms with Crippen LogP contribution in [0.2, 0.25) is 0 Å². The van der Waals surface area contributed by atoms with E-state index in [1.54, 1.807) is 7.11 Å². The SMILES string of the molecule is COCCOCCNC(C)CNC(C)C. The monoisotopic (exact) mass is 218 g/mol. The van der Waals surface area contributed by atoms with Crippen LogP contribution in [0.3, 0.4) is 0 Å². The van der Waals surface area contributed by atoms with E-state index in [9.17, 15) is 0 Å². The summed E-state index contributed by atoms with van der Waals surface area (Å²) in [7, 11) is 1.68. The van der Waals surface area contributed by atoms with E-state index in [4.69, 9.17) is 9.47 Å². The van der Waals surface area contributed by atoms with Crippen molar-refractivity contribution in [2.45, 2.75) is 32.9 Å². The Morgan fingerprint density at radius 3 is 2.33 bits per heavy atom. The molecule has 0 bridgehead atoms. The van der Waals surface area contributed by atoms with Crippen molar-refractivity contribution in [2.75, 3.05) is 40.0 Å². The average Bonchev–Trinajstić information content (AvgIpc) is 2.20. The predicted octanol–water partition coefficient (Wildman–Crippen LogP) is 0.626. The van der Waals surface area contributed by atoms with E-state index in [2.05, 4.69) is 31.4 Å². The number of hydrogen-bond acceptors (Lipinski definition) is 4. The summed E-state index contributed by atoms with van der Waals surface area (Å²) < 4.78 is 10.2. The van der Waals surface area contributed by atoms with E-state index < -0.39 is 0 Å². The maximum atomic E-state index is 5.34. The van der Waals surface area contributed by atoms with Crippen molar-refractivity contribution in [1.82, 2.24) is 10.6 Å². The minimum Gasteiger partial charge on any atom is -0.382 e. The lowest BCUT2D eigenvalue weighted by Gasteiger charge is -2.16. The van der Waals surface area contributed by atoms with Gasteiger partial charge in [0.15, 0.2) is 0 Å². The average molecular weight is 218 g/mol. The molecule has 1 atom stereocenters. The van der Waals surface area contributed by atoms with Gasteiger partial charge in [-0.3, -0.25) is 0 Å². The van der Waals surface area contributed by atoms with Crippen LogP contribution in [0.5, 0.6) is 0 Å². The number of rotatable bonds is 10. The van der Waals surface area contributed by atoms with Crippen LogP contribution in [0, 0.1) is 0 Å². The molecule has 0 radical (unpaired) electrons. The molecule has 0 saturated heterocycles. The minimum absolute atomic E-state index is 0.485. The fourth-order valence-electron chi connectivity index (χ4n) is 1.11. The van der Waals surface area contributed by atoms with Gasteiger partial charge in [0.25, 0.3) is 0 Å². The summed E-state index contributed by atoms with van der Waals surface area (Å²) >= 11 is 0. The van der Waals surface area contributed by atoms with E-state index in [-0.39, 0.29) is 0 Å². The molecule has 0 aliphatic rings. The molecule has 0 aromatic heterocycles. The Kier molecular flexibility index (Phi) is 10.3. The van der Waals surface area contributed by atoms with Crippen molar-refractivity contribution in [2.24, 2.45) is 0 Å². The highest BCUT2D eigenvalue weighted by Crippen LogP contribution is 1.82. The lowest BCUT2D eigenvalue weighted by atomic mass is 10.3. The molecule has 0 heterocycles. The Labute approximate surface area is 93.7 Å². The quantitative estimate of drug-likeness (QED) is 0.528. The number of hydrogen-bond donors (Lipinski definition) is 2. The highest BCUT2D eigenvalue weighted by molar-refractivity contribution is 4.65. The molecule has 4 nitrogen and oxygen atoms in total. The summed E-state index contributed by atoms with van der Waals surface area (Å²) in [4.78, 5) is 0. The van der Waals surface area contributed by atoms with Crippen LogP contribution in [-0.2, 0) is 9.47 Å². The molecular formula is C11H26N2O2. The van der Waals surface area contributed by atoms with Gasteiger partial charge in [0.1, 0.15) is 0 Å². The molecule has 0 rings (SSSR count). The first-order valence-electron chi connectivity index (χ1n) is 5.70. The Bertz CT molecular complexity index is 132. The van der Waals surface area contributed by atoms with Crippen molar-refractivity contribution >= 4 is 0 Å². The topological polar surface area (TPSA) is 42.5 Å². The Balaban J connectivity index is 3.13. The molecule has 0 spiro atoms. The molecule has 0 saturated carbocycles. The molecular weight excluding hydrogens is 192 g/mol. The zero-order valence-electron chi connectivity index (χ0n) is 10.5. The van der Waals surface area contributed by atoms with E-state index >= 15 is 0 Å². The predicted molar refractivity (Wildman–Crippen MR) is 63.3 cm³/mol. The molecule has 2 N–H and O–H groups in total. The zero-order chi connectivity index (χ0) is 11.5. The van der Waals surface area contributed by atoms with Gasteiger partial charge in [-0.15, -0.1) is 0 Å². The molecule has 15 heavy (non-hydrogen) atoms. The summed E-state index contributed by atoms with van der Waals surface area (Å²) in [5, 5.41) is 6.77. The Hall–Kier alpha value is -0.160. The standard InChI is InChI=1S/C11H26N2O2/c1-10(2)13-9-11(3)12-5-6-15-8-7-14-4/h10-13H,5-9H2,1-4H3. The van der Waals surface area contributed by atoms with E-state index in [0.29, 0.717) is 25.3 Å². The van der Waals surface area contributed by atoms with Crippen molar-refractivity contribution in [1.29, 1.82) is 0 Å². The van der Waals surface area contributed by atoms with E-state index in [1.807, 2.05) is 0 Å². The van der Waals surface area contributed by atoms with Crippen LogP contribution in [0.4, 0.5) is 0 Å².